The first-order valence-electron chi connectivity index (χ1n) is 9.33. The Morgan fingerprint density at radius 1 is 1.14 bits per heavy atom. The molecule has 0 saturated carbocycles. The summed E-state index contributed by atoms with van der Waals surface area (Å²) in [5.74, 6) is -1.25. The standard InChI is InChI=1S/C20H26N4O5/c1-13(2)10-15(24-20(28)29-12-14-6-4-3-5-7-14)18(25)23-16(19(26)27)11-17-21-8-9-22-17/h3-9,13,15-16H,10-12H2,1-2H3,(H,21,22)(H,23,25)(H,24,28)(H,26,27)/t15?,16-/m0/s1. The number of aromatic nitrogens is 2. The Balaban J connectivity index is 1.96. The second-order valence-electron chi connectivity index (χ2n) is 7.03. The minimum Gasteiger partial charge on any atom is -0.480 e. The van der Waals surface area contributed by atoms with Crippen LogP contribution in [0.2, 0.25) is 0 Å². The number of alkyl carbamates (subject to hydrolysis) is 1. The molecular weight excluding hydrogens is 376 g/mol. The van der Waals surface area contributed by atoms with Gasteiger partial charge in [0, 0.05) is 18.8 Å². The Bertz CT molecular complexity index is 792. The highest BCUT2D eigenvalue weighted by molar-refractivity contribution is 5.89. The summed E-state index contributed by atoms with van der Waals surface area (Å²) >= 11 is 0. The number of amides is 2. The van der Waals surface area contributed by atoms with Crippen LogP contribution in [0.15, 0.2) is 42.7 Å². The summed E-state index contributed by atoms with van der Waals surface area (Å²) in [6.07, 6.45) is 2.66. The molecule has 1 aromatic heterocycles. The van der Waals surface area contributed by atoms with Crippen molar-refractivity contribution in [3.05, 3.63) is 54.1 Å². The van der Waals surface area contributed by atoms with Gasteiger partial charge in [0.05, 0.1) is 0 Å². The first-order chi connectivity index (χ1) is 13.8. The number of ether oxygens (including phenoxy) is 1. The Hall–Kier alpha value is -3.36. The fourth-order valence-corrected chi connectivity index (χ4v) is 2.69. The number of nitrogens with one attached hydrogen (secondary N) is 3. The van der Waals surface area contributed by atoms with Gasteiger partial charge in [-0.05, 0) is 17.9 Å². The second-order valence-corrected chi connectivity index (χ2v) is 7.03. The first kappa shape index (κ1) is 21.9. The summed E-state index contributed by atoms with van der Waals surface area (Å²) in [5, 5.41) is 14.4. The summed E-state index contributed by atoms with van der Waals surface area (Å²) in [7, 11) is 0. The topological polar surface area (TPSA) is 133 Å². The summed E-state index contributed by atoms with van der Waals surface area (Å²) in [4.78, 5) is 43.1. The quantitative estimate of drug-likeness (QED) is 0.479. The maximum absolute atomic E-state index is 12.7. The van der Waals surface area contributed by atoms with Crippen LogP contribution in [-0.2, 0) is 27.4 Å². The van der Waals surface area contributed by atoms with E-state index >= 15 is 0 Å². The van der Waals surface area contributed by atoms with E-state index in [9.17, 15) is 19.5 Å². The van der Waals surface area contributed by atoms with E-state index < -0.39 is 30.1 Å². The zero-order chi connectivity index (χ0) is 21.2. The van der Waals surface area contributed by atoms with Crippen LogP contribution in [0.25, 0.3) is 0 Å². The van der Waals surface area contributed by atoms with Gasteiger partial charge in [-0.1, -0.05) is 44.2 Å². The third-order valence-corrected chi connectivity index (χ3v) is 4.10. The van der Waals surface area contributed by atoms with E-state index in [-0.39, 0.29) is 18.9 Å². The molecule has 0 aliphatic heterocycles. The van der Waals surface area contributed by atoms with Crippen LogP contribution in [0.5, 0.6) is 0 Å². The van der Waals surface area contributed by atoms with E-state index in [0.717, 1.165) is 5.56 Å². The van der Waals surface area contributed by atoms with E-state index in [1.54, 1.807) is 6.20 Å². The van der Waals surface area contributed by atoms with Crippen LogP contribution >= 0.6 is 0 Å². The highest BCUT2D eigenvalue weighted by atomic mass is 16.5. The number of hydrogen-bond acceptors (Lipinski definition) is 5. The Morgan fingerprint density at radius 2 is 1.86 bits per heavy atom. The van der Waals surface area contributed by atoms with Gasteiger partial charge in [0.15, 0.2) is 0 Å². The molecular formula is C20H26N4O5. The van der Waals surface area contributed by atoms with Crippen molar-refractivity contribution in [3.63, 3.8) is 0 Å². The number of rotatable bonds is 10. The fourth-order valence-electron chi connectivity index (χ4n) is 2.69. The van der Waals surface area contributed by atoms with Gasteiger partial charge in [-0.15, -0.1) is 0 Å². The highest BCUT2D eigenvalue weighted by Gasteiger charge is 2.28. The molecule has 156 valence electrons. The molecule has 0 radical (unpaired) electrons. The van der Waals surface area contributed by atoms with Crippen molar-refractivity contribution in [1.29, 1.82) is 0 Å². The van der Waals surface area contributed by atoms with Gasteiger partial charge in [-0.25, -0.2) is 14.6 Å². The van der Waals surface area contributed by atoms with Gasteiger partial charge >= 0.3 is 12.1 Å². The van der Waals surface area contributed by atoms with Gasteiger partial charge in [-0.3, -0.25) is 4.79 Å². The average molecular weight is 402 g/mol. The number of carboxylic acid groups (broad SMARTS) is 1. The number of aliphatic carboxylic acids is 1. The minimum absolute atomic E-state index is 0.000918. The van der Waals surface area contributed by atoms with Crippen LogP contribution in [0.3, 0.4) is 0 Å². The van der Waals surface area contributed by atoms with Crippen LogP contribution in [0.4, 0.5) is 4.79 Å². The number of H-pyrrole nitrogens is 1. The molecule has 9 nitrogen and oxygen atoms in total. The van der Waals surface area contributed by atoms with Crippen LogP contribution in [-0.4, -0.2) is 45.1 Å². The largest absolute Gasteiger partial charge is 0.480 e. The lowest BCUT2D eigenvalue weighted by Gasteiger charge is -2.22. The molecule has 0 fully saturated rings. The molecule has 4 N–H and O–H groups in total. The van der Waals surface area contributed by atoms with Gasteiger partial charge in [-0.2, -0.15) is 0 Å². The van der Waals surface area contributed by atoms with Gasteiger partial charge < -0.3 is 25.5 Å². The molecule has 0 saturated heterocycles. The van der Waals surface area contributed by atoms with Crippen molar-refractivity contribution >= 4 is 18.0 Å². The van der Waals surface area contributed by atoms with E-state index in [1.807, 2.05) is 44.2 Å². The Kier molecular flexibility index (Phi) is 8.20. The van der Waals surface area contributed by atoms with Gasteiger partial charge in [0.2, 0.25) is 5.91 Å². The molecule has 0 aliphatic carbocycles. The summed E-state index contributed by atoms with van der Waals surface area (Å²) in [5.41, 5.74) is 0.817. The summed E-state index contributed by atoms with van der Waals surface area (Å²) in [6.45, 7) is 3.86. The normalized spacial score (nSPS) is 12.8. The average Bonchev–Trinajstić information content (AvgIpc) is 3.19. The fraction of sp³-hybridized carbons (Fsp3) is 0.400. The molecule has 1 aromatic carbocycles. The molecule has 2 rings (SSSR count). The van der Waals surface area contributed by atoms with E-state index in [2.05, 4.69) is 20.6 Å². The van der Waals surface area contributed by atoms with Crippen LogP contribution < -0.4 is 10.6 Å². The number of carbonyl (C=O) groups excluding carboxylic acids is 2. The lowest BCUT2D eigenvalue weighted by Crippen LogP contribution is -2.52. The van der Waals surface area contributed by atoms with E-state index in [0.29, 0.717) is 12.2 Å². The van der Waals surface area contributed by atoms with Crippen molar-refractivity contribution in [1.82, 2.24) is 20.6 Å². The Morgan fingerprint density at radius 3 is 2.45 bits per heavy atom. The molecule has 2 amide bonds. The molecule has 2 aromatic rings. The smallest absolute Gasteiger partial charge is 0.408 e. The summed E-state index contributed by atoms with van der Waals surface area (Å²) < 4.78 is 5.17. The van der Waals surface area contributed by atoms with Gasteiger partial charge in [0.25, 0.3) is 0 Å². The zero-order valence-electron chi connectivity index (χ0n) is 16.4. The molecule has 0 aliphatic rings. The number of nitrogens with zero attached hydrogens (tertiary/aromatic N) is 1. The maximum atomic E-state index is 12.7. The third-order valence-electron chi connectivity index (χ3n) is 4.10. The lowest BCUT2D eigenvalue weighted by atomic mass is 10.0. The third kappa shape index (κ3) is 7.65. The molecule has 2 atom stereocenters. The molecule has 29 heavy (non-hydrogen) atoms. The molecule has 1 heterocycles. The van der Waals surface area contributed by atoms with Crippen LogP contribution in [0, 0.1) is 5.92 Å². The number of imidazole rings is 1. The molecule has 1 unspecified atom stereocenters. The van der Waals surface area contributed by atoms with Crippen molar-refractivity contribution in [3.8, 4) is 0 Å². The number of carboxylic acids is 1. The number of aromatic amines is 1. The first-order valence-corrected chi connectivity index (χ1v) is 9.33. The van der Waals surface area contributed by atoms with Gasteiger partial charge in [0.1, 0.15) is 24.5 Å². The highest BCUT2D eigenvalue weighted by Crippen LogP contribution is 2.08. The van der Waals surface area contributed by atoms with Crippen molar-refractivity contribution in [2.45, 2.75) is 45.4 Å². The maximum Gasteiger partial charge on any atom is 0.408 e. The SMILES string of the molecule is CC(C)CC(NC(=O)OCc1ccccc1)C(=O)N[C@@H](Cc1ncc[nH]1)C(=O)O. The monoisotopic (exact) mass is 402 g/mol. The van der Waals surface area contributed by atoms with E-state index in [1.165, 1.54) is 6.20 Å². The van der Waals surface area contributed by atoms with Crippen molar-refractivity contribution in [2.75, 3.05) is 0 Å². The predicted octanol–water partition coefficient (Wildman–Crippen LogP) is 1.86. The van der Waals surface area contributed by atoms with E-state index in [4.69, 9.17) is 4.74 Å². The molecule has 0 spiro atoms. The molecule has 9 heteroatoms. The number of benzene rings is 1. The lowest BCUT2D eigenvalue weighted by molar-refractivity contribution is -0.142. The summed E-state index contributed by atoms with van der Waals surface area (Å²) in [6, 6.07) is 7.05. The van der Waals surface area contributed by atoms with Crippen molar-refractivity contribution < 1.29 is 24.2 Å². The Labute approximate surface area is 168 Å². The number of hydrogen-bond donors (Lipinski definition) is 4. The predicted molar refractivity (Wildman–Crippen MR) is 105 cm³/mol. The minimum atomic E-state index is -1.19. The van der Waals surface area contributed by atoms with Crippen molar-refractivity contribution in [2.24, 2.45) is 5.92 Å². The second kappa shape index (κ2) is 10.8. The molecule has 0 bridgehead atoms. The number of carbonyl (C=O) groups is 3. The zero-order valence-corrected chi connectivity index (χ0v) is 16.4. The van der Waals surface area contributed by atoms with Crippen LogP contribution in [0.1, 0.15) is 31.7 Å².